The van der Waals surface area contributed by atoms with Crippen molar-refractivity contribution in [2.75, 3.05) is 25.1 Å². The molecule has 3 rings (SSSR count). The predicted octanol–water partition coefficient (Wildman–Crippen LogP) is 2.10. The van der Waals surface area contributed by atoms with Crippen LogP contribution in [0.3, 0.4) is 0 Å². The normalized spacial score (nSPS) is 17.6. The van der Waals surface area contributed by atoms with Gasteiger partial charge in [-0.3, -0.25) is 4.79 Å². The predicted molar refractivity (Wildman–Crippen MR) is 83.2 cm³/mol. The third-order valence-corrected chi connectivity index (χ3v) is 3.32. The summed E-state index contributed by atoms with van der Waals surface area (Å²) < 4.78 is 46.7. The molecule has 1 aliphatic rings. The Morgan fingerprint density at radius 2 is 2.00 bits per heavy atom. The molecule has 2 aromatic rings. The van der Waals surface area contributed by atoms with Crippen molar-refractivity contribution < 1.29 is 27.2 Å². The number of benzene rings is 1. The largest absolute Gasteiger partial charge is 0.471 e. The van der Waals surface area contributed by atoms with Gasteiger partial charge >= 0.3 is 12.1 Å². The molecule has 2 heterocycles. The molecule has 0 aliphatic carbocycles. The molecule has 1 aromatic heterocycles. The van der Waals surface area contributed by atoms with Crippen LogP contribution in [-0.4, -0.2) is 41.8 Å². The highest BCUT2D eigenvalue weighted by Gasteiger charge is 2.38. The summed E-state index contributed by atoms with van der Waals surface area (Å²) in [6.07, 6.45) is -4.69. The molecule has 0 bridgehead atoms. The van der Waals surface area contributed by atoms with Gasteiger partial charge in [0.15, 0.2) is 0 Å². The van der Waals surface area contributed by atoms with E-state index in [1.807, 2.05) is 0 Å². The Balaban J connectivity index is 0.00000225. The molecule has 25 heavy (non-hydrogen) atoms. The van der Waals surface area contributed by atoms with E-state index in [-0.39, 0.29) is 30.7 Å². The van der Waals surface area contributed by atoms with Crippen molar-refractivity contribution in [3.63, 3.8) is 0 Å². The summed E-state index contributed by atoms with van der Waals surface area (Å²) in [7, 11) is 0. The number of carbonyl (C=O) groups excluding carboxylic acids is 1. The van der Waals surface area contributed by atoms with E-state index in [1.165, 1.54) is 12.1 Å². The first-order valence-electron chi connectivity index (χ1n) is 7.07. The Hall–Kier alpha value is -2.17. The first-order chi connectivity index (χ1) is 11.4. The molecular formula is C14H14ClF3N4O3. The number of morpholine rings is 1. The zero-order chi connectivity index (χ0) is 17.2. The molecule has 1 aromatic carbocycles. The maximum absolute atomic E-state index is 12.4. The quantitative estimate of drug-likeness (QED) is 0.850. The standard InChI is InChI=1S/C14H13F3N4O3.ClH/c15-14(16,17)13-20-11(21-24-13)8-1-3-9(4-2-8)19-12(22)10-7-23-6-5-18-10;/h1-4,10,18H,5-7H2,(H,19,22);1H. The molecule has 1 saturated heterocycles. The van der Waals surface area contributed by atoms with Gasteiger partial charge in [0.1, 0.15) is 6.04 Å². The summed E-state index contributed by atoms with van der Waals surface area (Å²) in [5.74, 6) is -1.83. The second-order valence-corrected chi connectivity index (χ2v) is 5.07. The van der Waals surface area contributed by atoms with Crippen LogP contribution in [0.15, 0.2) is 28.8 Å². The van der Waals surface area contributed by atoms with Gasteiger partial charge in [-0.05, 0) is 24.3 Å². The van der Waals surface area contributed by atoms with Crippen LogP contribution in [0.4, 0.5) is 18.9 Å². The lowest BCUT2D eigenvalue weighted by molar-refractivity contribution is -0.159. The van der Waals surface area contributed by atoms with Gasteiger partial charge in [-0.1, -0.05) is 5.16 Å². The first-order valence-corrected chi connectivity index (χ1v) is 7.07. The molecule has 1 amide bonds. The summed E-state index contributed by atoms with van der Waals surface area (Å²) in [6.45, 7) is 1.44. The minimum Gasteiger partial charge on any atom is -0.378 e. The van der Waals surface area contributed by atoms with Crippen LogP contribution in [0.25, 0.3) is 11.4 Å². The Labute approximate surface area is 146 Å². The number of hydrogen-bond donors (Lipinski definition) is 2. The van der Waals surface area contributed by atoms with E-state index in [4.69, 9.17) is 4.74 Å². The maximum Gasteiger partial charge on any atom is 0.471 e. The summed E-state index contributed by atoms with van der Waals surface area (Å²) in [5, 5.41) is 9.01. The number of carbonyl (C=O) groups is 1. The lowest BCUT2D eigenvalue weighted by Gasteiger charge is -2.22. The lowest BCUT2D eigenvalue weighted by Crippen LogP contribution is -2.48. The van der Waals surface area contributed by atoms with Gasteiger partial charge < -0.3 is 19.9 Å². The van der Waals surface area contributed by atoms with Crippen LogP contribution in [-0.2, 0) is 15.7 Å². The first kappa shape index (κ1) is 19.2. The van der Waals surface area contributed by atoms with Crippen molar-refractivity contribution in [3.05, 3.63) is 30.2 Å². The van der Waals surface area contributed by atoms with Gasteiger partial charge in [0.2, 0.25) is 11.7 Å². The van der Waals surface area contributed by atoms with Gasteiger partial charge in [-0.15, -0.1) is 12.4 Å². The minimum absolute atomic E-state index is 0. The number of alkyl halides is 3. The summed E-state index contributed by atoms with van der Waals surface area (Å²) in [5.41, 5.74) is 0.835. The fourth-order valence-corrected chi connectivity index (χ4v) is 2.12. The van der Waals surface area contributed by atoms with Crippen LogP contribution in [0.5, 0.6) is 0 Å². The van der Waals surface area contributed by atoms with Crippen molar-refractivity contribution >= 4 is 24.0 Å². The highest BCUT2D eigenvalue weighted by atomic mass is 35.5. The lowest BCUT2D eigenvalue weighted by atomic mass is 10.2. The Morgan fingerprint density at radius 1 is 1.28 bits per heavy atom. The SMILES string of the molecule is Cl.O=C(Nc1ccc(-c2noc(C(F)(F)F)n2)cc1)C1COCCN1. The molecule has 1 atom stereocenters. The molecule has 7 nitrogen and oxygen atoms in total. The fraction of sp³-hybridized carbons (Fsp3) is 0.357. The Kier molecular flexibility index (Phi) is 5.98. The van der Waals surface area contributed by atoms with E-state index in [1.54, 1.807) is 12.1 Å². The number of aromatic nitrogens is 2. The molecule has 2 N–H and O–H groups in total. The van der Waals surface area contributed by atoms with E-state index in [0.717, 1.165) is 0 Å². The van der Waals surface area contributed by atoms with Crippen LogP contribution in [0, 0.1) is 0 Å². The fourth-order valence-electron chi connectivity index (χ4n) is 2.12. The number of ether oxygens (including phenoxy) is 1. The molecule has 0 spiro atoms. The van der Waals surface area contributed by atoms with Crippen molar-refractivity contribution in [1.29, 1.82) is 0 Å². The van der Waals surface area contributed by atoms with Crippen molar-refractivity contribution in [2.45, 2.75) is 12.2 Å². The molecule has 1 aliphatic heterocycles. The van der Waals surface area contributed by atoms with Crippen molar-refractivity contribution in [3.8, 4) is 11.4 Å². The topological polar surface area (TPSA) is 89.3 Å². The van der Waals surface area contributed by atoms with E-state index in [0.29, 0.717) is 24.4 Å². The second kappa shape index (κ2) is 7.81. The third-order valence-electron chi connectivity index (χ3n) is 3.32. The summed E-state index contributed by atoms with van der Waals surface area (Å²) >= 11 is 0. The number of halogens is 4. The second-order valence-electron chi connectivity index (χ2n) is 5.07. The van der Waals surface area contributed by atoms with Gasteiger partial charge in [0, 0.05) is 17.8 Å². The number of amides is 1. The number of rotatable bonds is 3. The van der Waals surface area contributed by atoms with Crippen LogP contribution >= 0.6 is 12.4 Å². The van der Waals surface area contributed by atoms with Crippen LogP contribution in [0.2, 0.25) is 0 Å². The molecule has 0 radical (unpaired) electrons. The number of nitrogens with zero attached hydrogens (tertiary/aromatic N) is 2. The number of nitrogens with one attached hydrogen (secondary N) is 2. The summed E-state index contributed by atoms with van der Waals surface area (Å²) in [6, 6.07) is 5.63. The van der Waals surface area contributed by atoms with E-state index in [9.17, 15) is 18.0 Å². The van der Waals surface area contributed by atoms with Crippen molar-refractivity contribution in [2.24, 2.45) is 0 Å². The van der Waals surface area contributed by atoms with E-state index in [2.05, 4.69) is 25.3 Å². The molecule has 136 valence electrons. The average Bonchev–Trinajstić information content (AvgIpc) is 3.07. The van der Waals surface area contributed by atoms with Gasteiger partial charge in [-0.2, -0.15) is 18.2 Å². The molecule has 1 fully saturated rings. The smallest absolute Gasteiger partial charge is 0.378 e. The van der Waals surface area contributed by atoms with Gasteiger partial charge in [0.25, 0.3) is 0 Å². The minimum atomic E-state index is -4.69. The Morgan fingerprint density at radius 3 is 2.56 bits per heavy atom. The average molecular weight is 379 g/mol. The van der Waals surface area contributed by atoms with Crippen LogP contribution in [0.1, 0.15) is 5.89 Å². The number of hydrogen-bond acceptors (Lipinski definition) is 6. The van der Waals surface area contributed by atoms with E-state index >= 15 is 0 Å². The zero-order valence-corrected chi connectivity index (χ0v) is 13.5. The van der Waals surface area contributed by atoms with Gasteiger partial charge in [-0.25, -0.2) is 0 Å². The number of anilines is 1. The molecular weight excluding hydrogens is 365 g/mol. The summed E-state index contributed by atoms with van der Waals surface area (Å²) in [4.78, 5) is 15.3. The Bertz CT molecular complexity index is 715. The highest BCUT2D eigenvalue weighted by Crippen LogP contribution is 2.29. The molecule has 0 saturated carbocycles. The molecule has 1 unspecified atom stereocenters. The van der Waals surface area contributed by atoms with Gasteiger partial charge in [0.05, 0.1) is 13.2 Å². The zero-order valence-electron chi connectivity index (χ0n) is 12.7. The highest BCUT2D eigenvalue weighted by molar-refractivity contribution is 5.95. The third kappa shape index (κ3) is 4.68. The van der Waals surface area contributed by atoms with E-state index < -0.39 is 18.1 Å². The molecule has 11 heteroatoms. The van der Waals surface area contributed by atoms with Crippen molar-refractivity contribution in [1.82, 2.24) is 15.5 Å². The maximum atomic E-state index is 12.4. The monoisotopic (exact) mass is 378 g/mol. The van der Waals surface area contributed by atoms with Crippen LogP contribution < -0.4 is 10.6 Å².